The van der Waals surface area contributed by atoms with Crippen LogP contribution in [0.5, 0.6) is 0 Å². The molecule has 1 aliphatic rings. The van der Waals surface area contributed by atoms with Crippen LogP contribution in [0.2, 0.25) is 0 Å². The van der Waals surface area contributed by atoms with Crippen LogP contribution in [0.1, 0.15) is 23.9 Å². The highest BCUT2D eigenvalue weighted by atomic mass is 32.1. The van der Waals surface area contributed by atoms with Crippen molar-refractivity contribution in [3.8, 4) is 0 Å². The van der Waals surface area contributed by atoms with Gasteiger partial charge in [-0.15, -0.1) is 11.3 Å². The minimum absolute atomic E-state index is 0.0495. The fraction of sp³-hybridized carbons (Fsp3) is 0.600. The zero-order valence-corrected chi connectivity index (χ0v) is 8.97. The molecule has 0 spiro atoms. The minimum Gasteiger partial charge on any atom is -0.466 e. The van der Waals surface area contributed by atoms with E-state index in [2.05, 4.69) is 4.98 Å². The highest BCUT2D eigenvalue weighted by molar-refractivity contribution is 7.09. The molecule has 0 amide bonds. The summed E-state index contributed by atoms with van der Waals surface area (Å²) >= 11 is 1.65. The molecule has 4 heteroatoms. The number of hydrogen-bond acceptors (Lipinski definition) is 4. The lowest BCUT2D eigenvalue weighted by Crippen LogP contribution is -2.23. The Morgan fingerprint density at radius 2 is 2.64 bits per heavy atom. The highest BCUT2D eigenvalue weighted by Crippen LogP contribution is 2.28. The van der Waals surface area contributed by atoms with Crippen LogP contribution in [0, 0.1) is 5.92 Å². The smallest absolute Gasteiger partial charge is 0.309 e. The van der Waals surface area contributed by atoms with E-state index in [9.17, 15) is 4.79 Å². The highest BCUT2D eigenvalue weighted by Gasteiger charge is 2.26. The molecule has 0 saturated carbocycles. The first-order valence-electron chi connectivity index (χ1n) is 4.89. The molecule has 1 aromatic rings. The number of esters is 1. The maximum Gasteiger partial charge on any atom is 0.309 e. The molecule has 3 nitrogen and oxygen atoms in total. The van der Waals surface area contributed by atoms with Crippen molar-refractivity contribution in [2.24, 2.45) is 5.92 Å². The van der Waals surface area contributed by atoms with Gasteiger partial charge in [0.05, 0.1) is 23.7 Å². The zero-order chi connectivity index (χ0) is 9.97. The van der Waals surface area contributed by atoms with Crippen molar-refractivity contribution in [2.45, 2.75) is 26.2 Å². The Balaban J connectivity index is 2.04. The Labute approximate surface area is 87.1 Å². The Morgan fingerprint density at radius 3 is 3.43 bits per heavy atom. The molecule has 1 aromatic heterocycles. The number of carbonyl (C=O) groups is 1. The van der Waals surface area contributed by atoms with E-state index in [0.717, 1.165) is 19.3 Å². The van der Waals surface area contributed by atoms with Gasteiger partial charge in [-0.1, -0.05) is 0 Å². The Hall–Kier alpha value is -0.900. The number of rotatable bonds is 2. The predicted molar refractivity (Wildman–Crippen MR) is 54.3 cm³/mol. The predicted octanol–water partition coefficient (Wildman–Crippen LogP) is 1.81. The molecule has 1 heterocycles. The van der Waals surface area contributed by atoms with E-state index >= 15 is 0 Å². The van der Waals surface area contributed by atoms with Gasteiger partial charge in [0.2, 0.25) is 0 Å². The van der Waals surface area contributed by atoms with E-state index < -0.39 is 0 Å². The van der Waals surface area contributed by atoms with E-state index in [1.165, 1.54) is 10.6 Å². The summed E-state index contributed by atoms with van der Waals surface area (Å²) in [5.74, 6) is 0.00875. The van der Waals surface area contributed by atoms with Gasteiger partial charge < -0.3 is 4.74 Å². The van der Waals surface area contributed by atoms with Gasteiger partial charge in [0.1, 0.15) is 0 Å². The molecule has 1 unspecified atom stereocenters. The second-order valence-electron chi connectivity index (χ2n) is 3.41. The third kappa shape index (κ3) is 1.80. The number of hydrogen-bond donors (Lipinski definition) is 0. The van der Waals surface area contributed by atoms with Gasteiger partial charge in [0, 0.05) is 4.88 Å². The van der Waals surface area contributed by atoms with Gasteiger partial charge in [0.25, 0.3) is 0 Å². The molecule has 0 fully saturated rings. The first-order chi connectivity index (χ1) is 6.81. The topological polar surface area (TPSA) is 39.2 Å². The molecule has 0 N–H and O–H groups in total. The summed E-state index contributed by atoms with van der Waals surface area (Å²) in [4.78, 5) is 17.0. The van der Waals surface area contributed by atoms with Crippen molar-refractivity contribution < 1.29 is 9.53 Å². The molecule has 0 aromatic carbocycles. The number of aromatic nitrogens is 1. The quantitative estimate of drug-likeness (QED) is 0.700. The lowest BCUT2D eigenvalue weighted by Gasteiger charge is -2.19. The van der Waals surface area contributed by atoms with Gasteiger partial charge in [-0.05, 0) is 26.2 Å². The summed E-state index contributed by atoms with van der Waals surface area (Å²) < 4.78 is 5.02. The number of aryl methyl sites for hydroxylation is 1. The molecule has 0 saturated heterocycles. The summed E-state index contributed by atoms with van der Waals surface area (Å²) in [5, 5.41) is 0. The number of ether oxygens (including phenoxy) is 1. The van der Waals surface area contributed by atoms with Crippen LogP contribution in [0.4, 0.5) is 0 Å². The maximum absolute atomic E-state index is 11.5. The Morgan fingerprint density at radius 1 is 1.79 bits per heavy atom. The SMILES string of the molecule is CCOC(=O)C1CCc2ncsc2C1. The second kappa shape index (κ2) is 4.09. The average molecular weight is 211 g/mol. The van der Waals surface area contributed by atoms with Crippen LogP contribution >= 0.6 is 11.3 Å². The van der Waals surface area contributed by atoms with E-state index in [0.29, 0.717) is 6.61 Å². The Bertz CT molecular complexity index is 335. The van der Waals surface area contributed by atoms with Crippen molar-refractivity contribution in [2.75, 3.05) is 6.61 Å². The maximum atomic E-state index is 11.5. The van der Waals surface area contributed by atoms with Crippen LogP contribution < -0.4 is 0 Å². The molecule has 0 aliphatic heterocycles. The van der Waals surface area contributed by atoms with E-state index in [4.69, 9.17) is 4.74 Å². The van der Waals surface area contributed by atoms with Crippen molar-refractivity contribution in [1.82, 2.24) is 4.98 Å². The van der Waals surface area contributed by atoms with Crippen LogP contribution in [-0.4, -0.2) is 17.6 Å². The normalized spacial score (nSPS) is 20.2. The summed E-state index contributed by atoms with van der Waals surface area (Å²) in [7, 11) is 0. The zero-order valence-electron chi connectivity index (χ0n) is 8.16. The van der Waals surface area contributed by atoms with Crippen molar-refractivity contribution in [1.29, 1.82) is 0 Å². The van der Waals surface area contributed by atoms with Crippen LogP contribution in [0.25, 0.3) is 0 Å². The van der Waals surface area contributed by atoms with Gasteiger partial charge in [0.15, 0.2) is 0 Å². The lowest BCUT2D eigenvalue weighted by atomic mass is 9.91. The average Bonchev–Trinajstić information content (AvgIpc) is 2.64. The fourth-order valence-corrected chi connectivity index (χ4v) is 2.66. The molecular weight excluding hydrogens is 198 g/mol. The molecule has 76 valence electrons. The van der Waals surface area contributed by atoms with Crippen molar-refractivity contribution in [3.63, 3.8) is 0 Å². The number of carbonyl (C=O) groups excluding carboxylic acids is 1. The van der Waals surface area contributed by atoms with Crippen LogP contribution in [0.3, 0.4) is 0 Å². The van der Waals surface area contributed by atoms with Gasteiger partial charge in [-0.2, -0.15) is 0 Å². The lowest BCUT2D eigenvalue weighted by molar-refractivity contribution is -0.148. The molecular formula is C10H13NO2S. The number of thiazole rings is 1. The summed E-state index contributed by atoms with van der Waals surface area (Å²) in [6.45, 7) is 2.32. The fourth-order valence-electron chi connectivity index (χ4n) is 1.76. The molecule has 2 rings (SSSR count). The van der Waals surface area contributed by atoms with E-state index in [-0.39, 0.29) is 11.9 Å². The summed E-state index contributed by atoms with van der Waals surface area (Å²) in [5.41, 5.74) is 3.04. The van der Waals surface area contributed by atoms with Crippen LogP contribution in [0.15, 0.2) is 5.51 Å². The first kappa shape index (κ1) is 9.65. The van der Waals surface area contributed by atoms with Crippen LogP contribution in [-0.2, 0) is 22.4 Å². The van der Waals surface area contributed by atoms with Gasteiger partial charge in [-0.3, -0.25) is 4.79 Å². The standard InChI is InChI=1S/C10H13NO2S/c1-2-13-10(12)7-3-4-8-9(5-7)14-6-11-8/h6-7H,2-5H2,1H3. The van der Waals surface area contributed by atoms with E-state index in [1.54, 1.807) is 11.3 Å². The molecule has 0 bridgehead atoms. The van der Waals surface area contributed by atoms with E-state index in [1.807, 2.05) is 12.4 Å². The monoisotopic (exact) mass is 211 g/mol. The third-order valence-electron chi connectivity index (χ3n) is 2.51. The largest absolute Gasteiger partial charge is 0.466 e. The number of nitrogens with zero attached hydrogens (tertiary/aromatic N) is 1. The first-order valence-corrected chi connectivity index (χ1v) is 5.77. The Kier molecular flexibility index (Phi) is 2.82. The van der Waals surface area contributed by atoms with Crippen molar-refractivity contribution >= 4 is 17.3 Å². The summed E-state index contributed by atoms with van der Waals surface area (Å²) in [6, 6.07) is 0. The van der Waals surface area contributed by atoms with Gasteiger partial charge >= 0.3 is 5.97 Å². The summed E-state index contributed by atoms with van der Waals surface area (Å²) in [6.07, 6.45) is 2.62. The minimum atomic E-state index is -0.0495. The van der Waals surface area contributed by atoms with Crippen molar-refractivity contribution in [3.05, 3.63) is 16.1 Å². The second-order valence-corrected chi connectivity index (χ2v) is 4.35. The molecule has 1 aliphatic carbocycles. The van der Waals surface area contributed by atoms with Gasteiger partial charge in [-0.25, -0.2) is 4.98 Å². The number of fused-ring (bicyclic) bond motifs is 1. The molecule has 14 heavy (non-hydrogen) atoms. The molecule has 0 radical (unpaired) electrons. The third-order valence-corrected chi connectivity index (χ3v) is 3.40. The molecule has 1 atom stereocenters.